The molecule has 0 aliphatic carbocycles. The highest BCUT2D eigenvalue weighted by Gasteiger charge is 2.60. The second kappa shape index (κ2) is 5.56. The standard InChI is InChI=1S/C12H17NO9/c1-4(13-5(14)2-3-6(13)15)12(21)10(18)8(17)7(16)9(22-12)11(19)20/h4,7-10,16-18,21H,2-3H2,1H3,(H,19,20)/t4?,7-,8-,9-,10+,12+/m0/s1. The zero-order valence-corrected chi connectivity index (χ0v) is 11.6. The number of hydrogen-bond acceptors (Lipinski definition) is 8. The van der Waals surface area contributed by atoms with Crippen LogP contribution in [0.2, 0.25) is 0 Å². The van der Waals surface area contributed by atoms with Gasteiger partial charge in [-0.25, -0.2) is 4.79 Å². The summed E-state index contributed by atoms with van der Waals surface area (Å²) in [6.07, 6.45) is -8.32. The molecule has 6 atom stereocenters. The molecule has 124 valence electrons. The number of aliphatic hydroxyl groups excluding tert-OH is 3. The highest BCUT2D eigenvalue weighted by molar-refractivity contribution is 6.02. The molecule has 0 spiro atoms. The Morgan fingerprint density at radius 2 is 1.73 bits per heavy atom. The number of carbonyl (C=O) groups is 3. The predicted octanol–water partition coefficient (Wildman–Crippen LogP) is -3.22. The summed E-state index contributed by atoms with van der Waals surface area (Å²) in [5.74, 6) is -5.64. The maximum absolute atomic E-state index is 11.7. The molecule has 0 aromatic carbocycles. The van der Waals surface area contributed by atoms with Crippen LogP contribution >= 0.6 is 0 Å². The van der Waals surface area contributed by atoms with E-state index in [9.17, 15) is 34.8 Å². The molecule has 2 aliphatic rings. The Kier molecular flexibility index (Phi) is 4.24. The van der Waals surface area contributed by atoms with Gasteiger partial charge in [-0.3, -0.25) is 14.5 Å². The lowest BCUT2D eigenvalue weighted by atomic mass is 9.88. The number of ether oxygens (including phenoxy) is 1. The number of carboxylic acid groups (broad SMARTS) is 1. The topological polar surface area (TPSA) is 165 Å². The number of imide groups is 1. The number of carbonyl (C=O) groups excluding carboxylic acids is 2. The number of aliphatic hydroxyl groups is 4. The lowest BCUT2D eigenvalue weighted by molar-refractivity contribution is -0.355. The van der Waals surface area contributed by atoms with E-state index < -0.39 is 54.0 Å². The molecule has 2 fully saturated rings. The van der Waals surface area contributed by atoms with Gasteiger partial charge in [0.2, 0.25) is 17.6 Å². The van der Waals surface area contributed by atoms with Crippen LogP contribution in [0.15, 0.2) is 0 Å². The van der Waals surface area contributed by atoms with Gasteiger partial charge in [0.15, 0.2) is 6.10 Å². The minimum absolute atomic E-state index is 0.0805. The molecule has 10 nitrogen and oxygen atoms in total. The molecule has 1 unspecified atom stereocenters. The van der Waals surface area contributed by atoms with Crippen LogP contribution in [0.3, 0.4) is 0 Å². The van der Waals surface area contributed by atoms with Crippen molar-refractivity contribution in [2.45, 2.75) is 56.0 Å². The second-order valence-electron chi connectivity index (χ2n) is 5.39. The minimum atomic E-state index is -2.72. The van der Waals surface area contributed by atoms with Crippen molar-refractivity contribution in [2.24, 2.45) is 0 Å². The molecule has 0 aromatic rings. The van der Waals surface area contributed by atoms with Crippen LogP contribution < -0.4 is 0 Å². The number of likely N-dealkylation sites (tertiary alicyclic amines) is 1. The monoisotopic (exact) mass is 319 g/mol. The van der Waals surface area contributed by atoms with Crippen molar-refractivity contribution in [3.63, 3.8) is 0 Å². The van der Waals surface area contributed by atoms with Gasteiger partial charge in [0.25, 0.3) is 0 Å². The normalized spacial score (nSPS) is 40.9. The number of rotatable bonds is 3. The maximum atomic E-state index is 11.7. The molecule has 22 heavy (non-hydrogen) atoms. The molecule has 0 radical (unpaired) electrons. The average Bonchev–Trinajstić information content (AvgIpc) is 2.78. The van der Waals surface area contributed by atoms with Crippen molar-refractivity contribution < 1.29 is 44.7 Å². The van der Waals surface area contributed by atoms with E-state index in [0.29, 0.717) is 4.90 Å². The summed E-state index contributed by atoms with van der Waals surface area (Å²) in [6, 6.07) is -1.45. The first kappa shape index (κ1) is 16.8. The van der Waals surface area contributed by atoms with Crippen molar-refractivity contribution in [1.29, 1.82) is 0 Å². The summed E-state index contributed by atoms with van der Waals surface area (Å²) in [6.45, 7) is 1.17. The van der Waals surface area contributed by atoms with Crippen molar-refractivity contribution in [2.75, 3.05) is 0 Å². The van der Waals surface area contributed by atoms with E-state index in [0.717, 1.165) is 0 Å². The third kappa shape index (κ3) is 2.38. The third-order valence-electron chi connectivity index (χ3n) is 4.04. The van der Waals surface area contributed by atoms with E-state index in [1.54, 1.807) is 0 Å². The molecule has 2 rings (SSSR count). The zero-order chi connectivity index (χ0) is 16.8. The number of carboxylic acids is 1. The van der Waals surface area contributed by atoms with Crippen molar-refractivity contribution in [3.8, 4) is 0 Å². The predicted molar refractivity (Wildman–Crippen MR) is 66.0 cm³/mol. The molecule has 0 bridgehead atoms. The van der Waals surface area contributed by atoms with Crippen LogP contribution in [0.5, 0.6) is 0 Å². The number of hydrogen-bond donors (Lipinski definition) is 5. The van der Waals surface area contributed by atoms with Crippen LogP contribution in [-0.2, 0) is 19.1 Å². The van der Waals surface area contributed by atoms with Crippen LogP contribution in [0.4, 0.5) is 0 Å². The van der Waals surface area contributed by atoms with Gasteiger partial charge in [-0.15, -0.1) is 0 Å². The van der Waals surface area contributed by atoms with Crippen LogP contribution in [0.1, 0.15) is 19.8 Å². The van der Waals surface area contributed by atoms with Crippen LogP contribution in [-0.4, -0.2) is 84.5 Å². The molecule has 10 heteroatoms. The van der Waals surface area contributed by atoms with E-state index >= 15 is 0 Å². The molecule has 2 heterocycles. The van der Waals surface area contributed by atoms with Crippen molar-refractivity contribution >= 4 is 17.8 Å². The molecule has 5 N–H and O–H groups in total. The van der Waals surface area contributed by atoms with Gasteiger partial charge < -0.3 is 30.3 Å². The summed E-state index contributed by atoms with van der Waals surface area (Å²) in [7, 11) is 0. The lowest BCUT2D eigenvalue weighted by Gasteiger charge is -2.48. The van der Waals surface area contributed by atoms with E-state index in [2.05, 4.69) is 0 Å². The number of aliphatic carboxylic acids is 1. The first-order valence-electron chi connectivity index (χ1n) is 6.63. The number of nitrogens with zero attached hydrogens (tertiary/aromatic N) is 1. The van der Waals surface area contributed by atoms with Gasteiger partial charge in [-0.05, 0) is 6.92 Å². The maximum Gasteiger partial charge on any atom is 0.335 e. The van der Waals surface area contributed by atoms with Gasteiger partial charge in [0, 0.05) is 12.8 Å². The second-order valence-corrected chi connectivity index (χ2v) is 5.39. The van der Waals surface area contributed by atoms with Crippen molar-refractivity contribution in [1.82, 2.24) is 4.90 Å². The first-order valence-corrected chi connectivity index (χ1v) is 6.63. The largest absolute Gasteiger partial charge is 0.479 e. The van der Waals surface area contributed by atoms with Gasteiger partial charge >= 0.3 is 5.97 Å². The van der Waals surface area contributed by atoms with Crippen LogP contribution in [0, 0.1) is 0 Å². The summed E-state index contributed by atoms with van der Waals surface area (Å²) in [4.78, 5) is 35.1. The Balaban J connectivity index is 2.35. The SMILES string of the molecule is CC(N1C(=O)CCC1=O)[C@@]1(O)O[C@H](C(=O)O)[C@@H](O)[C@H](O)[C@H]1O. The van der Waals surface area contributed by atoms with Crippen LogP contribution in [0.25, 0.3) is 0 Å². The highest BCUT2D eigenvalue weighted by Crippen LogP contribution is 2.34. The molecule has 0 saturated carbocycles. The smallest absolute Gasteiger partial charge is 0.335 e. The molecule has 2 aliphatic heterocycles. The molecular weight excluding hydrogens is 302 g/mol. The Labute approximate surface area is 124 Å². The minimum Gasteiger partial charge on any atom is -0.479 e. The summed E-state index contributed by atoms with van der Waals surface area (Å²) >= 11 is 0. The van der Waals surface area contributed by atoms with E-state index in [-0.39, 0.29) is 12.8 Å². The quantitative estimate of drug-likeness (QED) is 0.336. The van der Waals surface area contributed by atoms with E-state index in [4.69, 9.17) is 9.84 Å². The zero-order valence-electron chi connectivity index (χ0n) is 11.6. The highest BCUT2D eigenvalue weighted by atomic mass is 16.7. The summed E-state index contributed by atoms with van der Waals surface area (Å²) in [5, 5.41) is 48.7. The Hall–Kier alpha value is -1.59. The van der Waals surface area contributed by atoms with Gasteiger partial charge in [-0.2, -0.15) is 0 Å². The average molecular weight is 319 g/mol. The molecular formula is C12H17NO9. The van der Waals surface area contributed by atoms with Gasteiger partial charge in [-0.1, -0.05) is 0 Å². The number of amides is 2. The fourth-order valence-electron chi connectivity index (χ4n) is 2.71. The fourth-order valence-corrected chi connectivity index (χ4v) is 2.71. The molecule has 2 saturated heterocycles. The fraction of sp³-hybridized carbons (Fsp3) is 0.750. The third-order valence-corrected chi connectivity index (χ3v) is 4.04. The summed E-state index contributed by atoms with van der Waals surface area (Å²) < 4.78 is 4.85. The molecule has 0 aromatic heterocycles. The Bertz CT molecular complexity index is 493. The summed E-state index contributed by atoms with van der Waals surface area (Å²) in [5.41, 5.74) is 0. The Morgan fingerprint density at radius 1 is 1.23 bits per heavy atom. The van der Waals surface area contributed by atoms with Crippen molar-refractivity contribution in [3.05, 3.63) is 0 Å². The molecule has 2 amide bonds. The van der Waals surface area contributed by atoms with Gasteiger partial charge in [0.05, 0.1) is 6.04 Å². The Morgan fingerprint density at radius 3 is 2.18 bits per heavy atom. The lowest BCUT2D eigenvalue weighted by Crippen LogP contribution is -2.72. The van der Waals surface area contributed by atoms with E-state index in [1.807, 2.05) is 0 Å². The first-order chi connectivity index (χ1) is 10.1. The van der Waals surface area contributed by atoms with Gasteiger partial charge in [0.1, 0.15) is 18.3 Å². The van der Waals surface area contributed by atoms with E-state index in [1.165, 1.54) is 6.92 Å².